The van der Waals surface area contributed by atoms with Crippen LogP contribution in [0.1, 0.15) is 32.6 Å². The van der Waals surface area contributed by atoms with Gasteiger partial charge in [-0.2, -0.15) is 0 Å². The molecule has 1 amide bonds. The zero-order valence-electron chi connectivity index (χ0n) is 8.25. The summed E-state index contributed by atoms with van der Waals surface area (Å²) in [6.07, 6.45) is 5.08. The third-order valence-electron chi connectivity index (χ3n) is 3.24. The topological polar surface area (TPSA) is 32.3 Å². The van der Waals surface area contributed by atoms with Gasteiger partial charge in [0, 0.05) is 25.6 Å². The lowest BCUT2D eigenvalue weighted by atomic mass is 9.99. The first kappa shape index (κ1) is 9.00. The van der Waals surface area contributed by atoms with Crippen LogP contribution in [-0.2, 0) is 4.79 Å². The van der Waals surface area contributed by atoms with E-state index in [-0.39, 0.29) is 5.91 Å². The molecule has 3 nitrogen and oxygen atoms in total. The maximum absolute atomic E-state index is 10.9. The SMILES string of the molecule is CC(=O)NC1CCN2CCCCC12. The first-order valence-corrected chi connectivity index (χ1v) is 5.28. The standard InChI is InChI=1S/C10H18N2O/c1-8(13)11-9-5-7-12-6-3-2-4-10(9)12/h9-10H,2-7H2,1H3,(H,11,13). The Morgan fingerprint density at radius 2 is 2.15 bits per heavy atom. The van der Waals surface area contributed by atoms with Crippen molar-refractivity contribution in [2.24, 2.45) is 0 Å². The average molecular weight is 182 g/mol. The number of rotatable bonds is 1. The predicted octanol–water partition coefficient (Wildman–Crippen LogP) is 0.749. The molecule has 2 heterocycles. The number of hydrogen-bond donors (Lipinski definition) is 1. The van der Waals surface area contributed by atoms with Crippen LogP contribution in [0.5, 0.6) is 0 Å². The van der Waals surface area contributed by atoms with Gasteiger partial charge in [0.1, 0.15) is 0 Å². The van der Waals surface area contributed by atoms with Gasteiger partial charge in [-0.3, -0.25) is 9.69 Å². The number of fused-ring (bicyclic) bond motifs is 1. The molecule has 2 aliphatic rings. The van der Waals surface area contributed by atoms with Gasteiger partial charge in [-0.1, -0.05) is 6.42 Å². The number of carbonyl (C=O) groups is 1. The molecule has 0 saturated carbocycles. The number of piperidine rings is 1. The van der Waals surface area contributed by atoms with E-state index in [2.05, 4.69) is 10.2 Å². The van der Waals surface area contributed by atoms with Crippen LogP contribution >= 0.6 is 0 Å². The molecule has 0 aliphatic carbocycles. The van der Waals surface area contributed by atoms with Gasteiger partial charge >= 0.3 is 0 Å². The molecule has 1 N–H and O–H groups in total. The van der Waals surface area contributed by atoms with Crippen LogP contribution in [0.15, 0.2) is 0 Å². The fourth-order valence-electron chi connectivity index (χ4n) is 2.68. The van der Waals surface area contributed by atoms with E-state index in [1.54, 1.807) is 6.92 Å². The van der Waals surface area contributed by atoms with E-state index in [4.69, 9.17) is 0 Å². The van der Waals surface area contributed by atoms with Crippen molar-refractivity contribution in [3.05, 3.63) is 0 Å². The third-order valence-corrected chi connectivity index (χ3v) is 3.24. The second-order valence-electron chi connectivity index (χ2n) is 4.19. The van der Waals surface area contributed by atoms with Crippen molar-refractivity contribution in [1.29, 1.82) is 0 Å². The van der Waals surface area contributed by atoms with Crippen LogP contribution < -0.4 is 5.32 Å². The summed E-state index contributed by atoms with van der Waals surface area (Å²) in [6.45, 7) is 4.03. The summed E-state index contributed by atoms with van der Waals surface area (Å²) < 4.78 is 0. The van der Waals surface area contributed by atoms with E-state index >= 15 is 0 Å². The smallest absolute Gasteiger partial charge is 0.217 e. The van der Waals surface area contributed by atoms with Gasteiger partial charge in [0.05, 0.1) is 0 Å². The number of nitrogens with zero attached hydrogens (tertiary/aromatic N) is 1. The highest BCUT2D eigenvalue weighted by atomic mass is 16.1. The molecule has 2 saturated heterocycles. The first-order valence-electron chi connectivity index (χ1n) is 5.28. The summed E-state index contributed by atoms with van der Waals surface area (Å²) >= 11 is 0. The Bertz CT molecular complexity index is 205. The molecule has 2 fully saturated rings. The van der Waals surface area contributed by atoms with Gasteiger partial charge in [0.2, 0.25) is 5.91 Å². The molecule has 2 aliphatic heterocycles. The quantitative estimate of drug-likeness (QED) is 0.649. The lowest BCUT2D eigenvalue weighted by Crippen LogP contribution is -2.46. The minimum Gasteiger partial charge on any atom is -0.352 e. The number of hydrogen-bond acceptors (Lipinski definition) is 2. The summed E-state index contributed by atoms with van der Waals surface area (Å²) in [7, 11) is 0. The maximum atomic E-state index is 10.9. The Labute approximate surface area is 79.5 Å². The second-order valence-corrected chi connectivity index (χ2v) is 4.19. The van der Waals surface area contributed by atoms with E-state index < -0.39 is 0 Å². The molecule has 13 heavy (non-hydrogen) atoms. The van der Waals surface area contributed by atoms with E-state index in [9.17, 15) is 4.79 Å². The molecule has 74 valence electrons. The van der Waals surface area contributed by atoms with Crippen molar-refractivity contribution in [3.63, 3.8) is 0 Å². The van der Waals surface area contributed by atoms with Crippen molar-refractivity contribution in [3.8, 4) is 0 Å². The van der Waals surface area contributed by atoms with E-state index in [1.165, 1.54) is 32.4 Å². The van der Waals surface area contributed by atoms with Crippen LogP contribution in [0.4, 0.5) is 0 Å². The monoisotopic (exact) mass is 182 g/mol. The van der Waals surface area contributed by atoms with E-state index in [1.807, 2.05) is 0 Å². The highest BCUT2D eigenvalue weighted by Crippen LogP contribution is 2.26. The fraction of sp³-hybridized carbons (Fsp3) is 0.900. The lowest BCUT2D eigenvalue weighted by molar-refractivity contribution is -0.119. The highest BCUT2D eigenvalue weighted by Gasteiger charge is 2.35. The molecule has 0 aromatic heterocycles. The Morgan fingerprint density at radius 1 is 1.31 bits per heavy atom. The molecule has 0 aromatic rings. The van der Waals surface area contributed by atoms with Gasteiger partial charge in [-0.25, -0.2) is 0 Å². The van der Waals surface area contributed by atoms with Crippen LogP contribution in [0.25, 0.3) is 0 Å². The molecule has 2 atom stereocenters. The largest absolute Gasteiger partial charge is 0.352 e. The average Bonchev–Trinajstić information content (AvgIpc) is 2.48. The van der Waals surface area contributed by atoms with Crippen molar-refractivity contribution < 1.29 is 4.79 Å². The lowest BCUT2D eigenvalue weighted by Gasteiger charge is -2.32. The Balaban J connectivity index is 1.94. The van der Waals surface area contributed by atoms with E-state index in [0.29, 0.717) is 12.1 Å². The van der Waals surface area contributed by atoms with Gasteiger partial charge in [0.15, 0.2) is 0 Å². The van der Waals surface area contributed by atoms with Gasteiger partial charge in [0.25, 0.3) is 0 Å². The molecule has 2 rings (SSSR count). The Kier molecular flexibility index (Phi) is 2.54. The third kappa shape index (κ3) is 1.85. The Morgan fingerprint density at radius 3 is 2.92 bits per heavy atom. The zero-order chi connectivity index (χ0) is 9.26. The number of nitrogens with one attached hydrogen (secondary N) is 1. The highest BCUT2D eigenvalue weighted by molar-refractivity contribution is 5.73. The summed E-state index contributed by atoms with van der Waals surface area (Å²) in [5, 5.41) is 3.06. The van der Waals surface area contributed by atoms with Crippen LogP contribution in [-0.4, -0.2) is 36.0 Å². The summed E-state index contributed by atoms with van der Waals surface area (Å²) in [6, 6.07) is 1.07. The summed E-state index contributed by atoms with van der Waals surface area (Å²) in [5.74, 6) is 0.123. The molecule has 0 aromatic carbocycles. The second kappa shape index (κ2) is 3.66. The zero-order valence-corrected chi connectivity index (χ0v) is 8.25. The summed E-state index contributed by atoms with van der Waals surface area (Å²) in [5.41, 5.74) is 0. The van der Waals surface area contributed by atoms with Gasteiger partial charge in [-0.15, -0.1) is 0 Å². The van der Waals surface area contributed by atoms with Crippen molar-refractivity contribution >= 4 is 5.91 Å². The molecular weight excluding hydrogens is 164 g/mol. The number of amides is 1. The molecule has 3 heteroatoms. The molecule has 0 bridgehead atoms. The van der Waals surface area contributed by atoms with Crippen LogP contribution in [0.2, 0.25) is 0 Å². The maximum Gasteiger partial charge on any atom is 0.217 e. The molecule has 0 spiro atoms. The normalized spacial score (nSPS) is 34.2. The predicted molar refractivity (Wildman–Crippen MR) is 51.4 cm³/mol. The van der Waals surface area contributed by atoms with Gasteiger partial charge in [-0.05, 0) is 25.8 Å². The van der Waals surface area contributed by atoms with Crippen LogP contribution in [0.3, 0.4) is 0 Å². The molecule has 2 unspecified atom stereocenters. The molecule has 0 radical (unpaired) electrons. The van der Waals surface area contributed by atoms with Crippen molar-refractivity contribution in [2.75, 3.05) is 13.1 Å². The van der Waals surface area contributed by atoms with Crippen molar-refractivity contribution in [1.82, 2.24) is 10.2 Å². The van der Waals surface area contributed by atoms with Crippen molar-refractivity contribution in [2.45, 2.75) is 44.7 Å². The molecular formula is C10H18N2O. The minimum absolute atomic E-state index is 0.123. The number of carbonyl (C=O) groups excluding carboxylic acids is 1. The Hall–Kier alpha value is -0.570. The fourth-order valence-corrected chi connectivity index (χ4v) is 2.68. The van der Waals surface area contributed by atoms with Crippen LogP contribution in [0, 0.1) is 0 Å². The van der Waals surface area contributed by atoms with Gasteiger partial charge < -0.3 is 5.32 Å². The summed E-state index contributed by atoms with van der Waals surface area (Å²) in [4.78, 5) is 13.5. The first-order chi connectivity index (χ1) is 6.27. The minimum atomic E-state index is 0.123. The van der Waals surface area contributed by atoms with E-state index in [0.717, 1.165) is 6.42 Å².